The van der Waals surface area contributed by atoms with E-state index < -0.39 is 6.16 Å². The minimum Gasteiger partial charge on any atom is -0.508 e. The van der Waals surface area contributed by atoms with E-state index in [2.05, 4.69) is 5.32 Å². The third kappa shape index (κ3) is 5.88. The molecule has 3 rings (SSSR count). The van der Waals surface area contributed by atoms with Gasteiger partial charge >= 0.3 is 6.16 Å². The van der Waals surface area contributed by atoms with Crippen LogP contribution in [0.1, 0.15) is 40.5 Å². The largest absolute Gasteiger partial charge is 0.513 e. The fraction of sp³-hybridized carbons (Fsp3) is 0.318. The van der Waals surface area contributed by atoms with E-state index in [1.165, 1.54) is 24.3 Å². The molecule has 0 saturated carbocycles. The smallest absolute Gasteiger partial charge is 0.508 e. The number of benzene rings is 2. The first kappa shape index (κ1) is 21.9. The van der Waals surface area contributed by atoms with Gasteiger partial charge in [-0.15, -0.1) is 0 Å². The monoisotopic (exact) mass is 428 g/mol. The average molecular weight is 428 g/mol. The van der Waals surface area contributed by atoms with Crippen molar-refractivity contribution in [3.05, 3.63) is 53.6 Å². The summed E-state index contributed by atoms with van der Waals surface area (Å²) in [6.45, 7) is 2.76. The molecule has 0 bridgehead atoms. The molecular weight excluding hydrogens is 404 g/mol. The van der Waals surface area contributed by atoms with Crippen LogP contribution in [-0.4, -0.2) is 58.8 Å². The number of carbonyl (C=O) groups is 3. The van der Waals surface area contributed by atoms with Crippen LogP contribution >= 0.6 is 0 Å². The van der Waals surface area contributed by atoms with Crippen LogP contribution in [0.4, 0.5) is 4.79 Å². The molecule has 9 nitrogen and oxygen atoms in total. The molecule has 31 heavy (non-hydrogen) atoms. The summed E-state index contributed by atoms with van der Waals surface area (Å²) in [5, 5.41) is 22.1. The molecule has 0 aliphatic carbocycles. The molecule has 1 heterocycles. The lowest BCUT2D eigenvalue weighted by atomic mass is 10.0. The minimum atomic E-state index is -0.804. The number of hydrogen-bond acceptors (Lipinski definition) is 7. The van der Waals surface area contributed by atoms with Gasteiger partial charge in [0, 0.05) is 36.3 Å². The van der Waals surface area contributed by atoms with Gasteiger partial charge in [0.15, 0.2) is 0 Å². The maximum absolute atomic E-state index is 12.6. The Hall–Kier alpha value is -3.75. The Morgan fingerprint density at radius 2 is 1.61 bits per heavy atom. The first-order valence-electron chi connectivity index (χ1n) is 9.93. The van der Waals surface area contributed by atoms with Crippen LogP contribution in [0.2, 0.25) is 0 Å². The Balaban J connectivity index is 1.50. The lowest BCUT2D eigenvalue weighted by molar-refractivity contribution is 0.0697. The van der Waals surface area contributed by atoms with Crippen molar-refractivity contribution in [3.8, 4) is 17.2 Å². The van der Waals surface area contributed by atoms with Crippen LogP contribution in [0.15, 0.2) is 42.5 Å². The van der Waals surface area contributed by atoms with Crippen molar-refractivity contribution < 1.29 is 34.1 Å². The number of likely N-dealkylation sites (tertiary alicyclic amines) is 1. The summed E-state index contributed by atoms with van der Waals surface area (Å²) in [7, 11) is 0. The minimum absolute atomic E-state index is 0.0930. The Morgan fingerprint density at radius 1 is 1.00 bits per heavy atom. The standard InChI is InChI=1S/C22H24N2O7/c1-2-30-22(29)31-19-5-3-14(4-6-19)20(27)23-16-7-9-24(10-8-16)21(28)15-11-17(25)13-18(26)12-15/h3-6,11-13,16,25-26H,2,7-10H2,1H3,(H,23,27). The van der Waals surface area contributed by atoms with Crippen molar-refractivity contribution in [2.75, 3.05) is 19.7 Å². The van der Waals surface area contributed by atoms with Gasteiger partial charge in [-0.05, 0) is 56.2 Å². The highest BCUT2D eigenvalue weighted by Crippen LogP contribution is 2.23. The lowest BCUT2D eigenvalue weighted by Crippen LogP contribution is -2.46. The number of carbonyl (C=O) groups excluding carboxylic acids is 3. The molecule has 0 spiro atoms. The number of hydrogen-bond donors (Lipinski definition) is 3. The van der Waals surface area contributed by atoms with Crippen LogP contribution in [0.5, 0.6) is 17.2 Å². The second-order valence-corrected chi connectivity index (χ2v) is 7.09. The zero-order chi connectivity index (χ0) is 22.4. The fourth-order valence-electron chi connectivity index (χ4n) is 3.31. The van der Waals surface area contributed by atoms with Crippen molar-refractivity contribution in [2.45, 2.75) is 25.8 Å². The Kier molecular flexibility index (Phi) is 6.96. The van der Waals surface area contributed by atoms with E-state index in [9.17, 15) is 24.6 Å². The topological polar surface area (TPSA) is 125 Å². The quantitative estimate of drug-likeness (QED) is 0.494. The summed E-state index contributed by atoms with van der Waals surface area (Å²) < 4.78 is 9.66. The Morgan fingerprint density at radius 3 is 2.19 bits per heavy atom. The summed E-state index contributed by atoms with van der Waals surface area (Å²) in [5.74, 6) is -0.619. The molecule has 164 valence electrons. The number of phenols is 2. The first-order chi connectivity index (χ1) is 14.9. The first-order valence-corrected chi connectivity index (χ1v) is 9.93. The van der Waals surface area contributed by atoms with Crippen LogP contribution in [0.25, 0.3) is 0 Å². The highest BCUT2D eigenvalue weighted by atomic mass is 16.7. The Labute approximate surface area is 179 Å². The van der Waals surface area contributed by atoms with E-state index in [1.807, 2.05) is 0 Å². The van der Waals surface area contributed by atoms with Gasteiger partial charge in [-0.1, -0.05) is 0 Å². The number of nitrogens with one attached hydrogen (secondary N) is 1. The van der Waals surface area contributed by atoms with Gasteiger partial charge in [0.25, 0.3) is 11.8 Å². The molecule has 9 heteroatoms. The third-order valence-electron chi connectivity index (χ3n) is 4.85. The van der Waals surface area contributed by atoms with E-state index >= 15 is 0 Å². The zero-order valence-corrected chi connectivity index (χ0v) is 17.0. The van der Waals surface area contributed by atoms with Gasteiger partial charge in [0.2, 0.25) is 0 Å². The number of aromatic hydroxyl groups is 2. The van der Waals surface area contributed by atoms with Crippen molar-refractivity contribution in [1.82, 2.24) is 10.2 Å². The maximum atomic E-state index is 12.6. The number of rotatable bonds is 5. The van der Waals surface area contributed by atoms with Crippen molar-refractivity contribution in [2.24, 2.45) is 0 Å². The zero-order valence-electron chi connectivity index (χ0n) is 17.0. The summed E-state index contributed by atoms with van der Waals surface area (Å²) in [6, 6.07) is 9.82. The Bertz CT molecular complexity index is 931. The predicted molar refractivity (Wildman–Crippen MR) is 110 cm³/mol. The number of nitrogens with zero attached hydrogens (tertiary/aromatic N) is 1. The van der Waals surface area contributed by atoms with Gasteiger partial charge in [-0.3, -0.25) is 9.59 Å². The summed E-state index contributed by atoms with van der Waals surface area (Å²) >= 11 is 0. The van der Waals surface area contributed by atoms with Gasteiger partial charge < -0.3 is 29.9 Å². The number of phenolic OH excluding ortho intramolecular Hbond substituents is 2. The fourth-order valence-corrected chi connectivity index (χ4v) is 3.31. The molecular formula is C22H24N2O7. The van der Waals surface area contributed by atoms with Crippen LogP contribution in [-0.2, 0) is 4.74 Å². The van der Waals surface area contributed by atoms with Crippen molar-refractivity contribution >= 4 is 18.0 Å². The molecule has 1 fully saturated rings. The van der Waals surface area contributed by atoms with Gasteiger partial charge in [-0.2, -0.15) is 0 Å². The molecule has 0 aromatic heterocycles. The van der Waals surface area contributed by atoms with Crippen LogP contribution in [0.3, 0.4) is 0 Å². The highest BCUT2D eigenvalue weighted by Gasteiger charge is 2.25. The SMILES string of the molecule is CCOC(=O)Oc1ccc(C(=O)NC2CCN(C(=O)c3cc(O)cc(O)c3)CC2)cc1. The summed E-state index contributed by atoms with van der Waals surface area (Å²) in [4.78, 5) is 38.0. The predicted octanol–water partition coefficient (Wildman–Crippen LogP) is 2.67. The summed E-state index contributed by atoms with van der Waals surface area (Å²) in [6.07, 6.45) is 0.348. The van der Waals surface area contributed by atoms with Crippen LogP contribution < -0.4 is 10.1 Å². The third-order valence-corrected chi connectivity index (χ3v) is 4.85. The second-order valence-electron chi connectivity index (χ2n) is 7.09. The number of ether oxygens (including phenoxy) is 2. The molecule has 1 aliphatic rings. The molecule has 2 aromatic rings. The molecule has 0 radical (unpaired) electrons. The lowest BCUT2D eigenvalue weighted by Gasteiger charge is -2.32. The molecule has 2 amide bonds. The van der Waals surface area contributed by atoms with E-state index in [0.29, 0.717) is 31.5 Å². The van der Waals surface area contributed by atoms with E-state index in [-0.39, 0.29) is 47.3 Å². The molecule has 2 aromatic carbocycles. The molecule has 0 unspecified atom stereocenters. The molecule has 3 N–H and O–H groups in total. The van der Waals surface area contributed by atoms with Gasteiger partial charge in [0.1, 0.15) is 17.2 Å². The normalized spacial score (nSPS) is 14.0. The van der Waals surface area contributed by atoms with Crippen molar-refractivity contribution in [3.63, 3.8) is 0 Å². The molecule has 0 atom stereocenters. The second kappa shape index (κ2) is 9.84. The van der Waals surface area contributed by atoms with E-state index in [0.717, 1.165) is 6.07 Å². The number of piperidine rings is 1. The van der Waals surface area contributed by atoms with E-state index in [1.54, 1.807) is 24.0 Å². The van der Waals surface area contributed by atoms with Crippen LogP contribution in [0, 0.1) is 0 Å². The maximum Gasteiger partial charge on any atom is 0.513 e. The van der Waals surface area contributed by atoms with Gasteiger partial charge in [-0.25, -0.2) is 4.79 Å². The average Bonchev–Trinajstić information content (AvgIpc) is 2.73. The van der Waals surface area contributed by atoms with E-state index in [4.69, 9.17) is 9.47 Å². The summed E-state index contributed by atoms with van der Waals surface area (Å²) in [5.41, 5.74) is 0.634. The van der Waals surface area contributed by atoms with Gasteiger partial charge in [0.05, 0.1) is 6.61 Å². The number of amides is 2. The van der Waals surface area contributed by atoms with Crippen molar-refractivity contribution in [1.29, 1.82) is 0 Å². The highest BCUT2D eigenvalue weighted by molar-refractivity contribution is 5.95. The molecule has 1 saturated heterocycles. The molecule has 1 aliphatic heterocycles.